The fraction of sp³-hybridized carbons (Fsp3) is 0.179. The second-order valence-electron chi connectivity index (χ2n) is 8.85. The van der Waals surface area contributed by atoms with Crippen LogP contribution in [0.2, 0.25) is 0 Å². The molecule has 3 amide bonds. The molecule has 3 aromatic carbocycles. The van der Waals surface area contributed by atoms with E-state index in [-0.39, 0.29) is 12.3 Å². The minimum absolute atomic E-state index is 0.277. The number of para-hydroxylation sites is 1. The number of benzene rings is 3. The van der Waals surface area contributed by atoms with Crippen molar-refractivity contribution in [2.45, 2.75) is 26.3 Å². The fourth-order valence-electron chi connectivity index (χ4n) is 4.93. The molecule has 2 heterocycles. The lowest BCUT2D eigenvalue weighted by Crippen LogP contribution is -2.41. The van der Waals surface area contributed by atoms with Crippen LogP contribution in [0.25, 0.3) is 16.5 Å². The molecule has 5 rings (SSSR count). The Morgan fingerprint density at radius 1 is 0.912 bits per heavy atom. The first-order chi connectivity index (χ1) is 16.3. The minimum Gasteiger partial charge on any atom is -0.319 e. The summed E-state index contributed by atoms with van der Waals surface area (Å²) < 4.78 is 2.00. The van der Waals surface area contributed by atoms with Crippen molar-refractivity contribution in [3.05, 3.63) is 101 Å². The summed E-state index contributed by atoms with van der Waals surface area (Å²) in [6.07, 6.45) is 0. The fourth-order valence-corrected chi connectivity index (χ4v) is 4.93. The minimum atomic E-state index is -1.25. The number of Topliss-reactive ketones (excluding diaryl/α,β-unsaturated/α-hetero) is 1. The van der Waals surface area contributed by atoms with Crippen molar-refractivity contribution < 1.29 is 14.4 Å². The van der Waals surface area contributed by atoms with Gasteiger partial charge in [0.2, 0.25) is 0 Å². The SMILES string of the molecule is Cc1cc(C(=O)CN2C(=O)NC(C)(c3cccc4ccccc34)C2=O)c(C)n1-c1ccccc1. The molecule has 0 bridgehead atoms. The molecule has 1 aromatic heterocycles. The van der Waals surface area contributed by atoms with Crippen LogP contribution in [0.1, 0.15) is 34.2 Å². The molecule has 1 atom stereocenters. The standard InChI is InChI=1S/C28H25N3O3/c1-18-16-23(19(2)31(18)21-12-5-4-6-13-21)25(32)17-30-26(33)28(3,29-27(30)34)24-15-9-11-20-10-7-8-14-22(20)24/h4-16H,17H2,1-3H3,(H,29,34). The lowest BCUT2D eigenvalue weighted by atomic mass is 9.88. The molecule has 1 aliphatic rings. The van der Waals surface area contributed by atoms with Gasteiger partial charge < -0.3 is 9.88 Å². The van der Waals surface area contributed by atoms with E-state index in [4.69, 9.17) is 0 Å². The van der Waals surface area contributed by atoms with Crippen LogP contribution >= 0.6 is 0 Å². The van der Waals surface area contributed by atoms with Gasteiger partial charge in [-0.1, -0.05) is 60.7 Å². The first-order valence-electron chi connectivity index (χ1n) is 11.2. The van der Waals surface area contributed by atoms with Crippen LogP contribution in [0, 0.1) is 13.8 Å². The van der Waals surface area contributed by atoms with Crippen molar-refractivity contribution in [1.82, 2.24) is 14.8 Å². The van der Waals surface area contributed by atoms with Gasteiger partial charge in [-0.2, -0.15) is 0 Å². The van der Waals surface area contributed by atoms with E-state index in [1.54, 1.807) is 6.92 Å². The maximum atomic E-state index is 13.5. The maximum absolute atomic E-state index is 13.5. The molecule has 1 aliphatic heterocycles. The Kier molecular flexibility index (Phi) is 5.09. The molecule has 0 spiro atoms. The molecule has 0 radical (unpaired) electrons. The molecular formula is C28H25N3O3. The normalized spacial score (nSPS) is 17.9. The Labute approximate surface area is 197 Å². The summed E-state index contributed by atoms with van der Waals surface area (Å²) >= 11 is 0. The predicted molar refractivity (Wildman–Crippen MR) is 131 cm³/mol. The molecule has 4 aromatic rings. The number of rotatable bonds is 5. The highest BCUT2D eigenvalue weighted by Crippen LogP contribution is 2.34. The smallest absolute Gasteiger partial charge is 0.319 e. The van der Waals surface area contributed by atoms with Crippen LogP contribution in [0.5, 0.6) is 0 Å². The number of fused-ring (bicyclic) bond motifs is 1. The Morgan fingerprint density at radius 3 is 2.35 bits per heavy atom. The average Bonchev–Trinajstić information content (AvgIpc) is 3.26. The number of nitrogens with zero attached hydrogens (tertiary/aromatic N) is 2. The third kappa shape index (κ3) is 3.30. The van der Waals surface area contributed by atoms with Crippen LogP contribution < -0.4 is 5.32 Å². The first-order valence-corrected chi connectivity index (χ1v) is 11.2. The number of ketones is 1. The monoisotopic (exact) mass is 451 g/mol. The number of nitrogens with one attached hydrogen (secondary N) is 1. The van der Waals surface area contributed by atoms with Gasteiger partial charge in [-0.15, -0.1) is 0 Å². The largest absolute Gasteiger partial charge is 0.325 e. The van der Waals surface area contributed by atoms with Gasteiger partial charge in [-0.3, -0.25) is 14.5 Å². The van der Waals surface area contributed by atoms with E-state index in [1.807, 2.05) is 97.3 Å². The highest BCUT2D eigenvalue weighted by atomic mass is 16.2. The van der Waals surface area contributed by atoms with E-state index >= 15 is 0 Å². The van der Waals surface area contributed by atoms with Crippen molar-refractivity contribution in [1.29, 1.82) is 0 Å². The van der Waals surface area contributed by atoms with Crippen molar-refractivity contribution in [3.8, 4) is 5.69 Å². The molecule has 1 fully saturated rings. The van der Waals surface area contributed by atoms with Crippen LogP contribution in [0.4, 0.5) is 4.79 Å². The molecule has 170 valence electrons. The van der Waals surface area contributed by atoms with E-state index in [0.29, 0.717) is 11.1 Å². The van der Waals surface area contributed by atoms with Crippen molar-refractivity contribution >= 4 is 28.5 Å². The third-order valence-electron chi connectivity index (χ3n) is 6.65. The van der Waals surface area contributed by atoms with Crippen molar-refractivity contribution in [2.24, 2.45) is 0 Å². The number of carbonyl (C=O) groups is 3. The maximum Gasteiger partial charge on any atom is 0.325 e. The van der Waals surface area contributed by atoms with Crippen LogP contribution in [0.15, 0.2) is 78.9 Å². The molecule has 0 aliphatic carbocycles. The van der Waals surface area contributed by atoms with Gasteiger partial charge in [0, 0.05) is 22.6 Å². The lowest BCUT2D eigenvalue weighted by Gasteiger charge is -2.24. The Morgan fingerprint density at radius 2 is 1.59 bits per heavy atom. The van der Waals surface area contributed by atoms with E-state index in [9.17, 15) is 14.4 Å². The highest BCUT2D eigenvalue weighted by Gasteiger charge is 2.50. The van der Waals surface area contributed by atoms with Gasteiger partial charge >= 0.3 is 6.03 Å². The molecular weight excluding hydrogens is 426 g/mol. The van der Waals surface area contributed by atoms with Crippen molar-refractivity contribution in [3.63, 3.8) is 0 Å². The zero-order valence-corrected chi connectivity index (χ0v) is 19.3. The van der Waals surface area contributed by atoms with Gasteiger partial charge in [-0.05, 0) is 55.3 Å². The number of imide groups is 1. The number of aryl methyl sites for hydroxylation is 1. The zero-order valence-electron chi connectivity index (χ0n) is 19.3. The van der Waals surface area contributed by atoms with Crippen LogP contribution in [0.3, 0.4) is 0 Å². The van der Waals surface area contributed by atoms with Gasteiger partial charge in [0.25, 0.3) is 5.91 Å². The highest BCUT2D eigenvalue weighted by molar-refractivity contribution is 6.12. The number of carbonyl (C=O) groups excluding carboxylic acids is 3. The predicted octanol–water partition coefficient (Wildman–Crippen LogP) is 4.90. The number of urea groups is 1. The lowest BCUT2D eigenvalue weighted by molar-refractivity contribution is -0.130. The summed E-state index contributed by atoms with van der Waals surface area (Å²) in [5.74, 6) is -0.708. The van der Waals surface area contributed by atoms with E-state index in [2.05, 4.69) is 5.32 Å². The van der Waals surface area contributed by atoms with Gasteiger partial charge in [0.05, 0.1) is 6.54 Å². The van der Waals surface area contributed by atoms with Crippen LogP contribution in [-0.2, 0) is 10.3 Å². The van der Waals surface area contributed by atoms with E-state index in [0.717, 1.165) is 32.7 Å². The Bertz CT molecular complexity index is 1450. The van der Waals surface area contributed by atoms with Crippen LogP contribution in [-0.4, -0.2) is 33.7 Å². The summed E-state index contributed by atoms with van der Waals surface area (Å²) in [5, 5.41) is 4.70. The average molecular weight is 452 g/mol. The second-order valence-corrected chi connectivity index (χ2v) is 8.85. The number of aromatic nitrogens is 1. The molecule has 1 N–H and O–H groups in total. The Balaban J connectivity index is 1.46. The van der Waals surface area contributed by atoms with Crippen molar-refractivity contribution in [2.75, 3.05) is 6.54 Å². The summed E-state index contributed by atoms with van der Waals surface area (Å²) in [6.45, 7) is 5.19. The molecule has 6 heteroatoms. The van der Waals surface area contributed by atoms with Gasteiger partial charge in [0.1, 0.15) is 5.54 Å². The third-order valence-corrected chi connectivity index (χ3v) is 6.65. The topological polar surface area (TPSA) is 71.4 Å². The van der Waals surface area contributed by atoms with Gasteiger partial charge in [-0.25, -0.2) is 4.79 Å². The molecule has 1 saturated heterocycles. The molecule has 34 heavy (non-hydrogen) atoms. The number of hydrogen-bond donors (Lipinski definition) is 1. The summed E-state index contributed by atoms with van der Waals surface area (Å²) in [6, 6.07) is 24.4. The molecule has 6 nitrogen and oxygen atoms in total. The number of amides is 3. The van der Waals surface area contributed by atoms with E-state index < -0.39 is 17.5 Å². The second kappa shape index (κ2) is 7.99. The van der Waals surface area contributed by atoms with Gasteiger partial charge in [0.15, 0.2) is 5.78 Å². The quantitative estimate of drug-likeness (QED) is 0.347. The summed E-state index contributed by atoms with van der Waals surface area (Å²) in [4.78, 5) is 40.7. The first kappa shape index (κ1) is 21.6. The zero-order chi connectivity index (χ0) is 24.0. The van der Waals surface area contributed by atoms with E-state index in [1.165, 1.54) is 0 Å². The molecule has 1 unspecified atom stereocenters. The Hall–Kier alpha value is -4.19. The summed E-state index contributed by atoms with van der Waals surface area (Å²) in [5.41, 5.74) is 2.60. The molecule has 0 saturated carbocycles. The number of hydrogen-bond acceptors (Lipinski definition) is 3. The summed E-state index contributed by atoms with van der Waals surface area (Å²) in [7, 11) is 0.